The number of benzene rings is 1. The van der Waals surface area contributed by atoms with Crippen LogP contribution in [-0.4, -0.2) is 24.7 Å². The zero-order valence-corrected chi connectivity index (χ0v) is 10.0. The maximum Gasteiger partial charge on any atom is 0.251 e. The fourth-order valence-corrected chi connectivity index (χ4v) is 2.06. The number of ether oxygens (including phenoxy) is 1. The van der Waals surface area contributed by atoms with Crippen LogP contribution in [0.2, 0.25) is 0 Å². The van der Waals surface area contributed by atoms with E-state index in [0.717, 1.165) is 19.4 Å². The molecule has 92 valence electrons. The zero-order chi connectivity index (χ0) is 12.3. The highest BCUT2D eigenvalue weighted by Crippen LogP contribution is 2.19. The predicted octanol–water partition coefficient (Wildman–Crippen LogP) is 1.57. The fraction of sp³-hybridized carbons (Fsp3) is 0.462. The predicted molar refractivity (Wildman–Crippen MR) is 66.8 cm³/mol. The molecule has 0 spiro atoms. The second kappa shape index (κ2) is 4.75. The third kappa shape index (κ3) is 2.97. The quantitative estimate of drug-likeness (QED) is 0.763. The second-order valence-electron chi connectivity index (χ2n) is 4.80. The molecule has 1 fully saturated rings. The molecule has 0 aromatic heterocycles. The highest BCUT2D eigenvalue weighted by Gasteiger charge is 2.29. The van der Waals surface area contributed by atoms with Gasteiger partial charge in [-0.15, -0.1) is 0 Å². The van der Waals surface area contributed by atoms with Gasteiger partial charge in [-0.1, -0.05) is 6.07 Å². The molecule has 0 saturated carbocycles. The van der Waals surface area contributed by atoms with Crippen molar-refractivity contribution in [1.82, 2.24) is 5.32 Å². The van der Waals surface area contributed by atoms with Gasteiger partial charge in [-0.3, -0.25) is 4.79 Å². The molecule has 4 nitrogen and oxygen atoms in total. The van der Waals surface area contributed by atoms with Crippen molar-refractivity contribution in [2.24, 2.45) is 0 Å². The van der Waals surface area contributed by atoms with E-state index in [2.05, 4.69) is 5.32 Å². The van der Waals surface area contributed by atoms with Crippen molar-refractivity contribution in [1.29, 1.82) is 0 Å². The first-order chi connectivity index (χ1) is 8.09. The standard InChI is InChI=1S/C13H18N2O2/c1-13(6-3-7-17-9-13)15-12(16)10-4-2-5-11(14)8-10/h2,4-5,8H,3,6-7,9,14H2,1H3,(H,15,16). The zero-order valence-electron chi connectivity index (χ0n) is 10.0. The van der Waals surface area contributed by atoms with Crippen molar-refractivity contribution in [3.8, 4) is 0 Å². The Hall–Kier alpha value is -1.55. The molecule has 0 aliphatic carbocycles. The number of nitrogens with two attached hydrogens (primary N) is 1. The van der Waals surface area contributed by atoms with Crippen LogP contribution in [0, 0.1) is 0 Å². The molecule has 4 heteroatoms. The van der Waals surface area contributed by atoms with Gasteiger partial charge in [0.15, 0.2) is 0 Å². The van der Waals surface area contributed by atoms with Gasteiger partial charge in [0.25, 0.3) is 5.91 Å². The number of nitrogen functional groups attached to an aromatic ring is 1. The minimum Gasteiger partial charge on any atom is -0.399 e. The number of carbonyl (C=O) groups is 1. The molecule has 17 heavy (non-hydrogen) atoms. The first-order valence-electron chi connectivity index (χ1n) is 5.85. The molecule has 1 aliphatic rings. The highest BCUT2D eigenvalue weighted by molar-refractivity contribution is 5.95. The largest absolute Gasteiger partial charge is 0.399 e. The summed E-state index contributed by atoms with van der Waals surface area (Å²) in [6.07, 6.45) is 1.93. The maximum atomic E-state index is 12.0. The van der Waals surface area contributed by atoms with Gasteiger partial charge in [-0.2, -0.15) is 0 Å². The highest BCUT2D eigenvalue weighted by atomic mass is 16.5. The van der Waals surface area contributed by atoms with Crippen molar-refractivity contribution in [3.05, 3.63) is 29.8 Å². The third-order valence-electron chi connectivity index (χ3n) is 3.00. The van der Waals surface area contributed by atoms with Gasteiger partial charge in [0.1, 0.15) is 0 Å². The lowest BCUT2D eigenvalue weighted by Gasteiger charge is -2.34. The summed E-state index contributed by atoms with van der Waals surface area (Å²) in [5.74, 6) is -0.0923. The lowest BCUT2D eigenvalue weighted by atomic mass is 9.94. The minimum atomic E-state index is -0.264. The number of hydrogen-bond donors (Lipinski definition) is 2. The molecule has 1 aromatic carbocycles. The number of hydrogen-bond acceptors (Lipinski definition) is 3. The van der Waals surface area contributed by atoms with E-state index in [1.54, 1.807) is 24.3 Å². The number of anilines is 1. The summed E-state index contributed by atoms with van der Waals surface area (Å²) in [4.78, 5) is 12.0. The van der Waals surface area contributed by atoms with E-state index >= 15 is 0 Å². The Labute approximate surface area is 101 Å². The summed E-state index contributed by atoms with van der Waals surface area (Å²) >= 11 is 0. The fourth-order valence-electron chi connectivity index (χ4n) is 2.06. The summed E-state index contributed by atoms with van der Waals surface area (Å²) in [5, 5.41) is 3.02. The Morgan fingerprint density at radius 2 is 2.35 bits per heavy atom. The molecule has 3 N–H and O–H groups in total. The Morgan fingerprint density at radius 1 is 1.53 bits per heavy atom. The first-order valence-corrected chi connectivity index (χ1v) is 5.85. The molecule has 0 radical (unpaired) electrons. The van der Waals surface area contributed by atoms with Crippen LogP contribution in [0.1, 0.15) is 30.1 Å². The van der Waals surface area contributed by atoms with Crippen LogP contribution >= 0.6 is 0 Å². The molecular weight excluding hydrogens is 216 g/mol. The van der Waals surface area contributed by atoms with E-state index in [1.165, 1.54) is 0 Å². The minimum absolute atomic E-state index is 0.0923. The van der Waals surface area contributed by atoms with Crippen LogP contribution < -0.4 is 11.1 Å². The van der Waals surface area contributed by atoms with Crippen molar-refractivity contribution in [2.75, 3.05) is 18.9 Å². The number of nitrogens with one attached hydrogen (secondary N) is 1. The SMILES string of the molecule is CC1(NC(=O)c2cccc(N)c2)CCCOC1. The van der Waals surface area contributed by atoms with E-state index in [-0.39, 0.29) is 11.4 Å². The summed E-state index contributed by atoms with van der Waals surface area (Å²) in [5.41, 5.74) is 6.59. The van der Waals surface area contributed by atoms with Gasteiger partial charge in [0, 0.05) is 17.9 Å². The maximum absolute atomic E-state index is 12.0. The van der Waals surface area contributed by atoms with Crippen molar-refractivity contribution in [3.63, 3.8) is 0 Å². The van der Waals surface area contributed by atoms with Crippen molar-refractivity contribution >= 4 is 11.6 Å². The monoisotopic (exact) mass is 234 g/mol. The van der Waals surface area contributed by atoms with Crippen LogP contribution in [-0.2, 0) is 4.74 Å². The average Bonchev–Trinajstić information content (AvgIpc) is 2.29. The Bertz CT molecular complexity index is 412. The summed E-state index contributed by atoms with van der Waals surface area (Å²) in [6.45, 7) is 3.36. The van der Waals surface area contributed by atoms with Crippen LogP contribution in [0.15, 0.2) is 24.3 Å². The van der Waals surface area contributed by atoms with Gasteiger partial charge in [-0.25, -0.2) is 0 Å². The lowest BCUT2D eigenvalue weighted by molar-refractivity contribution is 0.0272. The lowest BCUT2D eigenvalue weighted by Crippen LogP contribution is -2.51. The van der Waals surface area contributed by atoms with Crippen LogP contribution in [0.4, 0.5) is 5.69 Å². The normalized spacial score (nSPS) is 24.3. The van der Waals surface area contributed by atoms with Crippen molar-refractivity contribution in [2.45, 2.75) is 25.3 Å². The Morgan fingerprint density at radius 3 is 3.00 bits per heavy atom. The van der Waals surface area contributed by atoms with Gasteiger partial charge < -0.3 is 15.8 Å². The molecule has 1 aromatic rings. The van der Waals surface area contributed by atoms with Crippen LogP contribution in [0.5, 0.6) is 0 Å². The summed E-state index contributed by atoms with van der Waals surface area (Å²) in [7, 11) is 0. The van der Waals surface area contributed by atoms with Gasteiger partial charge >= 0.3 is 0 Å². The molecule has 2 rings (SSSR count). The Kier molecular flexibility index (Phi) is 3.33. The topological polar surface area (TPSA) is 64.4 Å². The van der Waals surface area contributed by atoms with Crippen molar-refractivity contribution < 1.29 is 9.53 Å². The number of rotatable bonds is 2. The van der Waals surface area contributed by atoms with E-state index in [1.807, 2.05) is 6.92 Å². The molecule has 1 amide bonds. The van der Waals surface area contributed by atoms with Crippen LogP contribution in [0.3, 0.4) is 0 Å². The van der Waals surface area contributed by atoms with E-state index in [4.69, 9.17) is 10.5 Å². The van der Waals surface area contributed by atoms with E-state index in [9.17, 15) is 4.79 Å². The Balaban J connectivity index is 2.06. The number of amides is 1. The summed E-state index contributed by atoms with van der Waals surface area (Å²) < 4.78 is 5.41. The van der Waals surface area contributed by atoms with E-state index < -0.39 is 0 Å². The smallest absolute Gasteiger partial charge is 0.251 e. The second-order valence-corrected chi connectivity index (χ2v) is 4.80. The average molecular weight is 234 g/mol. The van der Waals surface area contributed by atoms with Crippen LogP contribution in [0.25, 0.3) is 0 Å². The molecule has 0 bridgehead atoms. The molecule has 1 atom stereocenters. The summed E-state index contributed by atoms with van der Waals surface area (Å²) in [6, 6.07) is 6.99. The molecule has 1 aliphatic heterocycles. The van der Waals surface area contributed by atoms with E-state index in [0.29, 0.717) is 17.9 Å². The molecule has 1 heterocycles. The first kappa shape index (κ1) is 11.9. The van der Waals surface area contributed by atoms with Gasteiger partial charge in [0.2, 0.25) is 0 Å². The molecule has 1 unspecified atom stereocenters. The van der Waals surface area contributed by atoms with Gasteiger partial charge in [-0.05, 0) is 38.0 Å². The number of carbonyl (C=O) groups excluding carboxylic acids is 1. The molecule has 1 saturated heterocycles. The third-order valence-corrected chi connectivity index (χ3v) is 3.00. The van der Waals surface area contributed by atoms with Gasteiger partial charge in [0.05, 0.1) is 12.1 Å². The molecular formula is C13H18N2O2.